The minimum atomic E-state index is -0.0169. The highest BCUT2D eigenvalue weighted by Crippen LogP contribution is 2.11. The van der Waals surface area contributed by atoms with Crippen molar-refractivity contribution in [3.8, 4) is 0 Å². The molecule has 1 N–H and O–H groups in total. The number of carbonyl (C=O) groups excluding carboxylic acids is 1. The van der Waals surface area contributed by atoms with E-state index in [9.17, 15) is 4.79 Å². The average Bonchev–Trinajstić information content (AvgIpc) is 2.59. The van der Waals surface area contributed by atoms with Crippen LogP contribution < -0.4 is 5.32 Å². The van der Waals surface area contributed by atoms with Gasteiger partial charge in [-0.2, -0.15) is 0 Å². The molecule has 0 saturated carbocycles. The van der Waals surface area contributed by atoms with Gasteiger partial charge in [-0.1, -0.05) is 13.8 Å². The molecule has 0 radical (unpaired) electrons. The van der Waals surface area contributed by atoms with Crippen LogP contribution in [0.25, 0.3) is 0 Å². The van der Waals surface area contributed by atoms with E-state index in [4.69, 9.17) is 4.74 Å². The number of hydrogen-bond donors (Lipinski definition) is 1. The summed E-state index contributed by atoms with van der Waals surface area (Å²) >= 11 is 0. The minimum Gasteiger partial charge on any atom is -0.378 e. The molecule has 0 aliphatic carbocycles. The van der Waals surface area contributed by atoms with Gasteiger partial charge in [0.05, 0.1) is 25.9 Å². The van der Waals surface area contributed by atoms with Gasteiger partial charge in [0.15, 0.2) is 0 Å². The Morgan fingerprint density at radius 1 is 1.47 bits per heavy atom. The lowest BCUT2D eigenvalue weighted by Gasteiger charge is -2.17. The van der Waals surface area contributed by atoms with Gasteiger partial charge in [-0.3, -0.25) is 10.1 Å². The van der Waals surface area contributed by atoms with Crippen molar-refractivity contribution in [3.05, 3.63) is 0 Å². The first-order valence-electron chi connectivity index (χ1n) is 6.27. The Hall–Kier alpha value is -0.650. The molecule has 1 fully saturated rings. The molecule has 1 aliphatic heterocycles. The number of ether oxygens (including phenoxy) is 1. The van der Waals surface area contributed by atoms with E-state index in [1.165, 1.54) is 0 Å². The lowest BCUT2D eigenvalue weighted by atomic mass is 10.1. The number of carbonyl (C=O) groups is 1. The molecular formula is C12H25N3O2. The van der Waals surface area contributed by atoms with Gasteiger partial charge in [0, 0.05) is 13.1 Å². The second kappa shape index (κ2) is 6.93. The molecule has 0 aromatic rings. The first-order valence-corrected chi connectivity index (χ1v) is 6.27. The maximum Gasteiger partial charge on any atom is 0.241 e. The third-order valence-electron chi connectivity index (χ3n) is 2.93. The normalized spacial score (nSPS) is 20.9. The van der Waals surface area contributed by atoms with Crippen molar-refractivity contribution in [2.75, 3.05) is 47.1 Å². The van der Waals surface area contributed by atoms with Crippen LogP contribution in [-0.4, -0.2) is 68.8 Å². The Kier molecular flexibility index (Phi) is 5.88. The Balaban J connectivity index is 2.14. The summed E-state index contributed by atoms with van der Waals surface area (Å²) in [6.07, 6.45) is 0. The van der Waals surface area contributed by atoms with Gasteiger partial charge in [0.25, 0.3) is 0 Å². The fourth-order valence-corrected chi connectivity index (χ4v) is 1.80. The monoisotopic (exact) mass is 243 g/mol. The summed E-state index contributed by atoms with van der Waals surface area (Å²) in [6, 6.07) is -0.0169. The molecule has 1 unspecified atom stereocenters. The second-order valence-corrected chi connectivity index (χ2v) is 5.10. The zero-order valence-corrected chi connectivity index (χ0v) is 11.4. The standard InChI is InChI=1S/C12H25N3O2/c1-10(2)11-12(16)15(9-13-11)6-8-17-7-5-14(3)4/h10-11,13H,5-9H2,1-4H3. The van der Waals surface area contributed by atoms with Crippen LogP contribution >= 0.6 is 0 Å². The van der Waals surface area contributed by atoms with Crippen molar-refractivity contribution in [1.29, 1.82) is 0 Å². The molecule has 1 saturated heterocycles. The number of likely N-dealkylation sites (N-methyl/N-ethyl adjacent to an activating group) is 1. The van der Waals surface area contributed by atoms with Crippen LogP contribution in [0, 0.1) is 5.92 Å². The predicted molar refractivity (Wildman–Crippen MR) is 67.7 cm³/mol. The first-order chi connectivity index (χ1) is 8.02. The van der Waals surface area contributed by atoms with Crippen LogP contribution in [0.3, 0.4) is 0 Å². The summed E-state index contributed by atoms with van der Waals surface area (Å²) in [7, 11) is 4.04. The smallest absolute Gasteiger partial charge is 0.241 e. The molecule has 100 valence electrons. The van der Waals surface area contributed by atoms with E-state index in [2.05, 4.69) is 24.1 Å². The third-order valence-corrected chi connectivity index (χ3v) is 2.93. The van der Waals surface area contributed by atoms with Gasteiger partial charge in [-0.15, -0.1) is 0 Å². The van der Waals surface area contributed by atoms with Crippen molar-refractivity contribution < 1.29 is 9.53 Å². The molecule has 1 rings (SSSR count). The molecule has 5 heteroatoms. The van der Waals surface area contributed by atoms with E-state index in [1.807, 2.05) is 19.0 Å². The number of rotatable bonds is 7. The van der Waals surface area contributed by atoms with Crippen molar-refractivity contribution in [2.45, 2.75) is 19.9 Å². The van der Waals surface area contributed by atoms with Crippen LogP contribution in [0.15, 0.2) is 0 Å². The molecule has 17 heavy (non-hydrogen) atoms. The summed E-state index contributed by atoms with van der Waals surface area (Å²) in [5.41, 5.74) is 0. The Bertz CT molecular complexity index is 244. The molecule has 5 nitrogen and oxygen atoms in total. The highest BCUT2D eigenvalue weighted by atomic mass is 16.5. The van der Waals surface area contributed by atoms with E-state index in [1.54, 1.807) is 0 Å². The molecule has 0 aromatic carbocycles. The highest BCUT2D eigenvalue weighted by molar-refractivity contribution is 5.83. The van der Waals surface area contributed by atoms with E-state index in [-0.39, 0.29) is 11.9 Å². The first kappa shape index (κ1) is 14.4. The van der Waals surface area contributed by atoms with E-state index < -0.39 is 0 Å². The molecule has 1 amide bonds. The van der Waals surface area contributed by atoms with E-state index in [0.717, 1.165) is 13.2 Å². The molecule has 0 spiro atoms. The summed E-state index contributed by atoms with van der Waals surface area (Å²) in [5.74, 6) is 0.554. The summed E-state index contributed by atoms with van der Waals surface area (Å²) < 4.78 is 5.49. The predicted octanol–water partition coefficient (Wildman–Crippen LogP) is -0.0215. The van der Waals surface area contributed by atoms with E-state index in [0.29, 0.717) is 25.7 Å². The zero-order chi connectivity index (χ0) is 12.8. The fourth-order valence-electron chi connectivity index (χ4n) is 1.80. The summed E-state index contributed by atoms with van der Waals surface area (Å²) in [6.45, 7) is 7.71. The quantitative estimate of drug-likeness (QED) is 0.638. The minimum absolute atomic E-state index is 0.0169. The number of nitrogens with one attached hydrogen (secondary N) is 1. The molecular weight excluding hydrogens is 218 g/mol. The van der Waals surface area contributed by atoms with Crippen LogP contribution in [0.5, 0.6) is 0 Å². The maximum absolute atomic E-state index is 11.9. The number of amides is 1. The summed E-state index contributed by atoms with van der Waals surface area (Å²) in [5, 5.41) is 3.23. The topological polar surface area (TPSA) is 44.8 Å². The van der Waals surface area contributed by atoms with Crippen LogP contribution in [-0.2, 0) is 9.53 Å². The SMILES string of the molecule is CC(C)C1NCN(CCOCCN(C)C)C1=O. The molecule has 0 aromatic heterocycles. The third kappa shape index (κ3) is 4.61. The Morgan fingerprint density at radius 3 is 2.71 bits per heavy atom. The van der Waals surface area contributed by atoms with Crippen LogP contribution in [0.2, 0.25) is 0 Å². The molecule has 0 bridgehead atoms. The Morgan fingerprint density at radius 2 is 2.18 bits per heavy atom. The number of nitrogens with zero attached hydrogens (tertiary/aromatic N) is 2. The van der Waals surface area contributed by atoms with Gasteiger partial charge in [0.1, 0.15) is 0 Å². The van der Waals surface area contributed by atoms with Crippen molar-refractivity contribution >= 4 is 5.91 Å². The van der Waals surface area contributed by atoms with Crippen molar-refractivity contribution in [3.63, 3.8) is 0 Å². The van der Waals surface area contributed by atoms with E-state index >= 15 is 0 Å². The zero-order valence-electron chi connectivity index (χ0n) is 11.4. The van der Waals surface area contributed by atoms with Crippen molar-refractivity contribution in [2.24, 2.45) is 5.92 Å². The van der Waals surface area contributed by atoms with Gasteiger partial charge < -0.3 is 14.5 Å². The Labute approximate surface area is 104 Å². The largest absolute Gasteiger partial charge is 0.378 e. The molecule has 1 atom stereocenters. The molecule has 1 heterocycles. The maximum atomic E-state index is 11.9. The highest BCUT2D eigenvalue weighted by Gasteiger charge is 2.32. The van der Waals surface area contributed by atoms with Crippen molar-refractivity contribution in [1.82, 2.24) is 15.1 Å². The lowest BCUT2D eigenvalue weighted by Crippen LogP contribution is -2.35. The van der Waals surface area contributed by atoms with Gasteiger partial charge in [-0.25, -0.2) is 0 Å². The van der Waals surface area contributed by atoms with Crippen LogP contribution in [0.4, 0.5) is 0 Å². The molecule has 1 aliphatic rings. The average molecular weight is 243 g/mol. The lowest BCUT2D eigenvalue weighted by molar-refractivity contribution is -0.130. The number of hydrogen-bond acceptors (Lipinski definition) is 4. The van der Waals surface area contributed by atoms with Gasteiger partial charge >= 0.3 is 0 Å². The summed E-state index contributed by atoms with van der Waals surface area (Å²) in [4.78, 5) is 15.8. The van der Waals surface area contributed by atoms with Gasteiger partial charge in [-0.05, 0) is 20.0 Å². The van der Waals surface area contributed by atoms with Crippen LogP contribution in [0.1, 0.15) is 13.8 Å². The van der Waals surface area contributed by atoms with Gasteiger partial charge in [0.2, 0.25) is 5.91 Å². The second-order valence-electron chi connectivity index (χ2n) is 5.10. The fraction of sp³-hybridized carbons (Fsp3) is 0.917.